The van der Waals surface area contributed by atoms with Crippen molar-refractivity contribution in [3.05, 3.63) is 77.9 Å². The molecular weight excluding hydrogens is 542 g/mol. The Balaban J connectivity index is 1.29. The first-order valence-electron chi connectivity index (χ1n) is 13.7. The summed E-state index contributed by atoms with van der Waals surface area (Å²) in [7, 11) is 1.63. The van der Waals surface area contributed by atoms with Crippen molar-refractivity contribution in [2.75, 3.05) is 38.3 Å². The second-order valence-electron chi connectivity index (χ2n) is 9.55. The fraction of sp³-hybridized carbons (Fsp3) is 0.312. The smallest absolute Gasteiger partial charge is 0.497 e. The van der Waals surface area contributed by atoms with Gasteiger partial charge in [-0.1, -0.05) is 36.4 Å². The molecule has 2 N–H and O–H groups in total. The Bertz CT molecular complexity index is 1340. The van der Waals surface area contributed by atoms with Crippen LogP contribution in [0, 0.1) is 0 Å². The predicted octanol–water partition coefficient (Wildman–Crippen LogP) is 6.19. The van der Waals surface area contributed by atoms with Crippen LogP contribution < -0.4 is 23.8 Å². The maximum absolute atomic E-state index is 11.2. The average Bonchev–Trinajstić information content (AvgIpc) is 2.98. The van der Waals surface area contributed by atoms with Crippen LogP contribution in [0.1, 0.15) is 36.8 Å². The minimum atomic E-state index is -1.44. The minimum Gasteiger partial charge on any atom is -0.497 e. The van der Waals surface area contributed by atoms with Gasteiger partial charge in [-0.05, 0) is 67.3 Å². The van der Waals surface area contributed by atoms with Crippen LogP contribution in [-0.2, 0) is 9.53 Å². The van der Waals surface area contributed by atoms with Gasteiger partial charge in [0, 0.05) is 18.5 Å². The van der Waals surface area contributed by atoms with Gasteiger partial charge < -0.3 is 38.8 Å². The van der Waals surface area contributed by atoms with E-state index in [-0.39, 0.29) is 13.0 Å². The number of carbonyl (C=O) groups is 2. The number of aliphatic carboxylic acids is 1. The van der Waals surface area contributed by atoms with Crippen LogP contribution in [0.4, 0.5) is 10.5 Å². The predicted molar refractivity (Wildman–Crippen MR) is 158 cm³/mol. The number of anilines is 1. The second-order valence-corrected chi connectivity index (χ2v) is 9.55. The third-order valence-electron chi connectivity index (χ3n) is 6.51. The number of methoxy groups -OCH3 is 1. The monoisotopic (exact) mass is 577 g/mol. The first-order valence-corrected chi connectivity index (χ1v) is 13.7. The molecule has 1 aliphatic rings. The van der Waals surface area contributed by atoms with Crippen molar-refractivity contribution in [1.29, 1.82) is 0 Å². The number of ether oxygens (including phenoxy) is 5. The molecule has 0 aromatic heterocycles. The van der Waals surface area contributed by atoms with Gasteiger partial charge >= 0.3 is 12.1 Å². The minimum absolute atomic E-state index is 0.00938. The van der Waals surface area contributed by atoms with Crippen molar-refractivity contribution >= 4 is 30.0 Å². The van der Waals surface area contributed by atoms with Gasteiger partial charge in [0.25, 0.3) is 6.29 Å². The summed E-state index contributed by atoms with van der Waals surface area (Å²) in [5.74, 6) is 1.98. The zero-order valence-electron chi connectivity index (χ0n) is 23.4. The maximum atomic E-state index is 11.2. The first-order chi connectivity index (χ1) is 20.4. The fourth-order valence-electron chi connectivity index (χ4n) is 4.42. The van der Waals surface area contributed by atoms with Crippen LogP contribution >= 0.6 is 0 Å². The molecule has 1 heterocycles. The van der Waals surface area contributed by atoms with Crippen molar-refractivity contribution in [2.24, 2.45) is 0 Å². The van der Waals surface area contributed by atoms with Crippen LogP contribution in [0.3, 0.4) is 0 Å². The molecule has 0 spiro atoms. The number of hydrogen-bond donors (Lipinski definition) is 2. The van der Waals surface area contributed by atoms with Crippen molar-refractivity contribution in [2.45, 2.75) is 32.0 Å². The Hall–Kier alpha value is -4.86. The van der Waals surface area contributed by atoms with Crippen molar-refractivity contribution in [3.63, 3.8) is 0 Å². The average molecular weight is 578 g/mol. The van der Waals surface area contributed by atoms with Crippen molar-refractivity contribution < 1.29 is 43.5 Å². The molecule has 0 saturated heterocycles. The molecule has 0 radical (unpaired) electrons. The number of hydrogen-bond acceptors (Lipinski definition) is 8. The zero-order valence-corrected chi connectivity index (χ0v) is 23.4. The molecule has 1 aliphatic heterocycles. The van der Waals surface area contributed by atoms with Crippen LogP contribution in [-0.4, -0.2) is 62.0 Å². The largest absolute Gasteiger partial charge is 0.508 e. The van der Waals surface area contributed by atoms with Gasteiger partial charge in [-0.25, -0.2) is 4.79 Å². The number of unbranched alkanes of at least 4 members (excludes halogenated alkanes) is 1. The molecule has 0 aliphatic carbocycles. The van der Waals surface area contributed by atoms with Gasteiger partial charge in [0.1, 0.15) is 17.2 Å². The molecule has 0 amide bonds. The molecular formula is C32H35NO9. The van der Waals surface area contributed by atoms with E-state index in [0.29, 0.717) is 31.9 Å². The van der Waals surface area contributed by atoms with Gasteiger partial charge in [0.2, 0.25) is 0 Å². The Labute approximate surface area is 244 Å². The van der Waals surface area contributed by atoms with Gasteiger partial charge in [-0.2, -0.15) is 0 Å². The third kappa shape index (κ3) is 9.09. The molecule has 0 bridgehead atoms. The highest BCUT2D eigenvalue weighted by atomic mass is 16.8. The number of fused-ring (bicyclic) bond motifs is 1. The lowest BCUT2D eigenvalue weighted by atomic mass is 10.1. The van der Waals surface area contributed by atoms with E-state index in [4.69, 9.17) is 33.9 Å². The summed E-state index contributed by atoms with van der Waals surface area (Å²) in [6, 6.07) is 20.8. The highest BCUT2D eigenvalue weighted by Gasteiger charge is 2.29. The molecule has 1 unspecified atom stereocenters. The normalized spacial score (nSPS) is 14.1. The summed E-state index contributed by atoms with van der Waals surface area (Å²) >= 11 is 0. The van der Waals surface area contributed by atoms with E-state index < -0.39 is 18.4 Å². The van der Waals surface area contributed by atoms with Crippen LogP contribution in [0.15, 0.2) is 66.7 Å². The molecule has 3 aromatic rings. The number of nitrogens with zero attached hydrogens (tertiary/aromatic N) is 1. The summed E-state index contributed by atoms with van der Waals surface area (Å²) in [5, 5.41) is 18.1. The number of carboxylic acids is 1. The van der Waals surface area contributed by atoms with Crippen molar-refractivity contribution in [3.8, 4) is 23.0 Å². The fourth-order valence-corrected chi connectivity index (χ4v) is 4.42. The highest BCUT2D eigenvalue weighted by Crippen LogP contribution is 2.38. The molecule has 222 valence electrons. The quantitative estimate of drug-likeness (QED) is 0.123. The Morgan fingerprint density at radius 1 is 0.881 bits per heavy atom. The van der Waals surface area contributed by atoms with E-state index in [1.807, 2.05) is 83.8 Å². The van der Waals surface area contributed by atoms with E-state index >= 15 is 0 Å². The molecule has 10 heteroatoms. The Kier molecular flexibility index (Phi) is 10.9. The second kappa shape index (κ2) is 15.2. The molecule has 10 nitrogen and oxygen atoms in total. The lowest BCUT2D eigenvalue weighted by Gasteiger charge is -2.35. The number of carboxylic acid groups (broad SMARTS) is 2. The summed E-state index contributed by atoms with van der Waals surface area (Å²) in [5.41, 5.74) is 2.44. The molecule has 0 saturated carbocycles. The van der Waals surface area contributed by atoms with E-state index in [1.54, 1.807) is 7.11 Å². The zero-order chi connectivity index (χ0) is 29.7. The summed E-state index contributed by atoms with van der Waals surface area (Å²) < 4.78 is 27.6. The maximum Gasteiger partial charge on any atom is 0.508 e. The van der Waals surface area contributed by atoms with Crippen LogP contribution in [0.2, 0.25) is 0 Å². The van der Waals surface area contributed by atoms with Gasteiger partial charge in [0.05, 0.1) is 32.6 Å². The van der Waals surface area contributed by atoms with Crippen LogP contribution in [0.5, 0.6) is 23.0 Å². The highest BCUT2D eigenvalue weighted by molar-refractivity contribution is 5.78. The molecule has 0 fully saturated rings. The number of para-hydroxylation sites is 1. The molecule has 42 heavy (non-hydrogen) atoms. The molecule has 3 aromatic carbocycles. The van der Waals surface area contributed by atoms with Crippen molar-refractivity contribution in [1.82, 2.24) is 0 Å². The van der Waals surface area contributed by atoms with Gasteiger partial charge in [-0.3, -0.25) is 4.79 Å². The van der Waals surface area contributed by atoms with E-state index in [1.165, 1.54) is 0 Å². The first kappa shape index (κ1) is 30.1. The lowest BCUT2D eigenvalue weighted by molar-refractivity contribution is -0.137. The number of rotatable bonds is 15. The summed E-state index contributed by atoms with van der Waals surface area (Å²) in [6.45, 7) is 1.78. The van der Waals surface area contributed by atoms with Gasteiger partial charge in [0.15, 0.2) is 5.75 Å². The lowest BCUT2D eigenvalue weighted by Crippen LogP contribution is -2.43. The SMILES string of the molecule is COc1ccc(OCCCCOc2ccc(/C=C/c3cccc4c3OC(OC(=O)O)CN4CCCC(=O)O)cc2)cc1. The summed E-state index contributed by atoms with van der Waals surface area (Å²) in [4.78, 5) is 24.0. The summed E-state index contributed by atoms with van der Waals surface area (Å²) in [6.07, 6.45) is 3.48. The van der Waals surface area contributed by atoms with Gasteiger partial charge in [-0.15, -0.1) is 0 Å². The molecule has 4 rings (SSSR count). The van der Waals surface area contributed by atoms with E-state index in [9.17, 15) is 9.59 Å². The third-order valence-corrected chi connectivity index (χ3v) is 6.51. The Morgan fingerprint density at radius 3 is 2.14 bits per heavy atom. The topological polar surface area (TPSA) is 124 Å². The van der Waals surface area contributed by atoms with Crippen LogP contribution in [0.25, 0.3) is 12.2 Å². The Morgan fingerprint density at radius 2 is 1.52 bits per heavy atom. The van der Waals surface area contributed by atoms with E-state index in [2.05, 4.69) is 0 Å². The molecule has 1 atom stereocenters. The number of benzene rings is 3. The van der Waals surface area contributed by atoms with E-state index in [0.717, 1.165) is 46.9 Å². The standard InChI is InChI=1S/C32H35NO9/c1-38-25-15-17-27(18-16-25)40-21-3-2-20-39-26-13-10-23(11-14-26)9-12-24-6-4-7-28-31(24)41-30(42-32(36)37)22-33(28)19-5-8-29(34)35/h4,6-7,9-18,30H,2-3,5,8,19-22H2,1H3,(H,34,35)(H,36,37)/b12-9+.